The standard InChI is InChI=1S/C16H19N3O3/c1-22-13-9-5-8-12(10-13)19-15(11-6-3-2-4-7-11)14(16(20)21)17-18-19/h5,8-11H,2-4,6-7H2,1H3,(H,20,21). The number of aromatic carboxylic acids is 1. The van der Waals surface area contributed by atoms with Crippen LogP contribution in [0.2, 0.25) is 0 Å². The zero-order valence-electron chi connectivity index (χ0n) is 12.5. The monoisotopic (exact) mass is 301 g/mol. The molecule has 6 heteroatoms. The lowest BCUT2D eigenvalue weighted by molar-refractivity contribution is 0.0688. The van der Waals surface area contributed by atoms with Crippen LogP contribution in [0.25, 0.3) is 5.69 Å². The molecular formula is C16H19N3O3. The van der Waals surface area contributed by atoms with Crippen molar-refractivity contribution in [1.82, 2.24) is 15.0 Å². The first-order valence-corrected chi connectivity index (χ1v) is 7.54. The number of ether oxygens (including phenoxy) is 1. The highest BCUT2D eigenvalue weighted by atomic mass is 16.5. The van der Waals surface area contributed by atoms with Crippen LogP contribution in [0.15, 0.2) is 24.3 Å². The molecule has 1 aliphatic carbocycles. The van der Waals surface area contributed by atoms with Gasteiger partial charge in [0.25, 0.3) is 0 Å². The number of rotatable bonds is 4. The lowest BCUT2D eigenvalue weighted by atomic mass is 9.86. The maximum atomic E-state index is 11.5. The van der Waals surface area contributed by atoms with Crippen LogP contribution in [-0.2, 0) is 0 Å². The van der Waals surface area contributed by atoms with Gasteiger partial charge in [0, 0.05) is 12.0 Å². The molecule has 1 aromatic heterocycles. The summed E-state index contributed by atoms with van der Waals surface area (Å²) in [5, 5.41) is 17.4. The Labute approximate surface area is 128 Å². The van der Waals surface area contributed by atoms with Crippen LogP contribution in [0, 0.1) is 0 Å². The summed E-state index contributed by atoms with van der Waals surface area (Å²) in [6.45, 7) is 0. The third-order valence-corrected chi connectivity index (χ3v) is 4.20. The van der Waals surface area contributed by atoms with Gasteiger partial charge in [0.05, 0.1) is 18.5 Å². The molecule has 0 radical (unpaired) electrons. The van der Waals surface area contributed by atoms with Gasteiger partial charge >= 0.3 is 5.97 Å². The predicted molar refractivity (Wildman–Crippen MR) is 80.7 cm³/mol. The van der Waals surface area contributed by atoms with Crippen LogP contribution in [0.4, 0.5) is 0 Å². The van der Waals surface area contributed by atoms with Crippen LogP contribution in [-0.4, -0.2) is 33.2 Å². The normalized spacial score (nSPS) is 15.7. The first-order valence-electron chi connectivity index (χ1n) is 7.54. The van der Waals surface area contributed by atoms with E-state index in [-0.39, 0.29) is 11.6 Å². The van der Waals surface area contributed by atoms with E-state index >= 15 is 0 Å². The highest BCUT2D eigenvalue weighted by molar-refractivity contribution is 5.86. The molecule has 0 bridgehead atoms. The Kier molecular flexibility index (Phi) is 4.09. The molecule has 1 aliphatic rings. The maximum Gasteiger partial charge on any atom is 0.358 e. The van der Waals surface area contributed by atoms with Crippen molar-refractivity contribution in [2.75, 3.05) is 7.11 Å². The molecular weight excluding hydrogens is 282 g/mol. The molecule has 116 valence electrons. The average molecular weight is 301 g/mol. The number of carboxylic acid groups (broad SMARTS) is 1. The van der Waals surface area contributed by atoms with Gasteiger partial charge in [-0.3, -0.25) is 0 Å². The second kappa shape index (κ2) is 6.17. The number of carboxylic acids is 1. The van der Waals surface area contributed by atoms with Gasteiger partial charge in [-0.15, -0.1) is 5.10 Å². The fourth-order valence-electron chi connectivity index (χ4n) is 3.12. The average Bonchev–Trinajstić information content (AvgIpc) is 3.01. The quantitative estimate of drug-likeness (QED) is 0.939. The zero-order valence-corrected chi connectivity index (χ0v) is 12.5. The Balaban J connectivity index is 2.08. The van der Waals surface area contributed by atoms with Crippen molar-refractivity contribution < 1.29 is 14.6 Å². The van der Waals surface area contributed by atoms with Gasteiger partial charge in [-0.2, -0.15) is 0 Å². The van der Waals surface area contributed by atoms with Gasteiger partial charge in [-0.05, 0) is 25.0 Å². The van der Waals surface area contributed by atoms with E-state index in [1.54, 1.807) is 11.8 Å². The topological polar surface area (TPSA) is 77.2 Å². The smallest absolute Gasteiger partial charge is 0.358 e. The van der Waals surface area contributed by atoms with Crippen molar-refractivity contribution >= 4 is 5.97 Å². The molecule has 0 unspecified atom stereocenters. The van der Waals surface area contributed by atoms with Gasteiger partial charge in [0.1, 0.15) is 5.75 Å². The lowest BCUT2D eigenvalue weighted by Crippen LogP contribution is -2.14. The summed E-state index contributed by atoms with van der Waals surface area (Å²) < 4.78 is 6.89. The highest BCUT2D eigenvalue weighted by Gasteiger charge is 2.28. The summed E-state index contributed by atoms with van der Waals surface area (Å²) in [6, 6.07) is 7.43. The number of methoxy groups -OCH3 is 1. The Bertz CT molecular complexity index is 675. The van der Waals surface area contributed by atoms with E-state index in [0.29, 0.717) is 11.4 Å². The van der Waals surface area contributed by atoms with E-state index < -0.39 is 5.97 Å². The van der Waals surface area contributed by atoms with E-state index in [9.17, 15) is 9.90 Å². The number of hydrogen-bond donors (Lipinski definition) is 1. The number of hydrogen-bond acceptors (Lipinski definition) is 4. The fraction of sp³-hybridized carbons (Fsp3) is 0.438. The molecule has 0 spiro atoms. The van der Waals surface area contributed by atoms with Gasteiger partial charge in [-0.1, -0.05) is 30.5 Å². The van der Waals surface area contributed by atoms with Crippen LogP contribution < -0.4 is 4.74 Å². The Morgan fingerprint density at radius 2 is 2.09 bits per heavy atom. The van der Waals surface area contributed by atoms with Gasteiger partial charge in [0.15, 0.2) is 5.69 Å². The van der Waals surface area contributed by atoms with E-state index in [0.717, 1.165) is 31.4 Å². The molecule has 0 amide bonds. The van der Waals surface area contributed by atoms with Crippen molar-refractivity contribution in [2.45, 2.75) is 38.0 Å². The molecule has 1 saturated carbocycles. The third-order valence-electron chi connectivity index (χ3n) is 4.20. The number of benzene rings is 1. The number of aromatic nitrogens is 3. The largest absolute Gasteiger partial charge is 0.497 e. The van der Waals surface area contributed by atoms with E-state index in [2.05, 4.69) is 10.3 Å². The van der Waals surface area contributed by atoms with Gasteiger partial charge in [-0.25, -0.2) is 9.48 Å². The molecule has 22 heavy (non-hydrogen) atoms. The number of carbonyl (C=O) groups is 1. The molecule has 1 N–H and O–H groups in total. The molecule has 0 saturated heterocycles. The van der Waals surface area contributed by atoms with Gasteiger partial charge in [0.2, 0.25) is 0 Å². The SMILES string of the molecule is COc1cccc(-n2nnc(C(=O)O)c2C2CCCCC2)c1. The first kappa shape index (κ1) is 14.6. The fourth-order valence-corrected chi connectivity index (χ4v) is 3.12. The van der Waals surface area contributed by atoms with Crippen LogP contribution in [0.3, 0.4) is 0 Å². The molecule has 2 aromatic rings. The van der Waals surface area contributed by atoms with Crippen molar-refractivity contribution in [2.24, 2.45) is 0 Å². The molecule has 1 aromatic carbocycles. The minimum Gasteiger partial charge on any atom is -0.497 e. The minimum absolute atomic E-state index is 0.0646. The first-order chi connectivity index (χ1) is 10.7. The van der Waals surface area contributed by atoms with E-state index in [1.165, 1.54) is 6.42 Å². The van der Waals surface area contributed by atoms with Crippen molar-refractivity contribution in [1.29, 1.82) is 0 Å². The summed E-state index contributed by atoms with van der Waals surface area (Å²) in [5.41, 5.74) is 1.55. The molecule has 3 rings (SSSR count). The molecule has 1 fully saturated rings. The molecule has 0 atom stereocenters. The van der Waals surface area contributed by atoms with Crippen LogP contribution in [0.5, 0.6) is 5.75 Å². The summed E-state index contributed by atoms with van der Waals surface area (Å²) in [6.07, 6.45) is 5.41. The van der Waals surface area contributed by atoms with Crippen LogP contribution in [0.1, 0.15) is 54.2 Å². The lowest BCUT2D eigenvalue weighted by Gasteiger charge is -2.22. The molecule has 0 aliphatic heterocycles. The maximum absolute atomic E-state index is 11.5. The van der Waals surface area contributed by atoms with Crippen molar-refractivity contribution in [3.05, 3.63) is 35.7 Å². The summed E-state index contributed by atoms with van der Waals surface area (Å²) >= 11 is 0. The summed E-state index contributed by atoms with van der Waals surface area (Å²) in [7, 11) is 1.60. The highest BCUT2D eigenvalue weighted by Crippen LogP contribution is 2.35. The summed E-state index contributed by atoms with van der Waals surface area (Å²) in [4.78, 5) is 11.5. The van der Waals surface area contributed by atoms with Crippen molar-refractivity contribution in [3.63, 3.8) is 0 Å². The molecule has 6 nitrogen and oxygen atoms in total. The van der Waals surface area contributed by atoms with Crippen molar-refractivity contribution in [3.8, 4) is 11.4 Å². The Morgan fingerprint density at radius 1 is 1.32 bits per heavy atom. The molecule has 1 heterocycles. The summed E-state index contributed by atoms with van der Waals surface area (Å²) in [5.74, 6) is -0.116. The van der Waals surface area contributed by atoms with E-state index in [4.69, 9.17) is 4.74 Å². The second-order valence-corrected chi connectivity index (χ2v) is 5.58. The van der Waals surface area contributed by atoms with Gasteiger partial charge < -0.3 is 9.84 Å². The second-order valence-electron chi connectivity index (χ2n) is 5.58. The van der Waals surface area contributed by atoms with E-state index in [1.807, 2.05) is 24.3 Å². The Morgan fingerprint density at radius 3 is 2.77 bits per heavy atom. The minimum atomic E-state index is -1.02. The van der Waals surface area contributed by atoms with Crippen LogP contribution >= 0.6 is 0 Å². The predicted octanol–water partition coefficient (Wildman–Crippen LogP) is 3.02. The Hall–Kier alpha value is -2.37. The third kappa shape index (κ3) is 2.68. The number of nitrogens with zero attached hydrogens (tertiary/aromatic N) is 3. The zero-order chi connectivity index (χ0) is 15.5.